The van der Waals surface area contributed by atoms with Crippen LogP contribution in [0, 0.1) is 0 Å². The Morgan fingerprint density at radius 1 is 1.12 bits per heavy atom. The Hall–Kier alpha value is -2.83. The minimum Gasteiger partial charge on any atom is -0.369 e. The summed E-state index contributed by atoms with van der Waals surface area (Å²) in [7, 11) is 0. The predicted molar refractivity (Wildman–Crippen MR) is 87.8 cm³/mol. The Bertz CT molecular complexity index is 900. The first-order valence-corrected chi connectivity index (χ1v) is 7.94. The summed E-state index contributed by atoms with van der Waals surface area (Å²) in [5, 5.41) is 7.80. The van der Waals surface area contributed by atoms with Gasteiger partial charge in [0.2, 0.25) is 0 Å². The molecule has 1 aromatic carbocycles. The molecule has 3 heterocycles. The molecule has 2 aromatic heterocycles. The first-order valence-electron chi connectivity index (χ1n) is 7.94. The molecule has 0 fully saturated rings. The van der Waals surface area contributed by atoms with E-state index in [1.54, 1.807) is 16.9 Å². The number of rotatable bonds is 3. The summed E-state index contributed by atoms with van der Waals surface area (Å²) in [6, 6.07) is 10.9. The zero-order valence-corrected chi connectivity index (χ0v) is 13.2. The van der Waals surface area contributed by atoms with Gasteiger partial charge in [-0.2, -0.15) is 18.3 Å². The number of fused-ring (bicyclic) bond motifs is 1. The maximum atomic E-state index is 13.0. The average molecular weight is 344 g/mol. The molecule has 0 bridgehead atoms. The second-order valence-electron chi connectivity index (χ2n) is 5.91. The highest BCUT2D eigenvalue weighted by Crippen LogP contribution is 2.33. The number of hydrogen-bond acceptors (Lipinski definition) is 3. The predicted octanol–water partition coefficient (Wildman–Crippen LogP) is 3.84. The molecule has 0 saturated carbocycles. The number of pyridine rings is 1. The second-order valence-corrected chi connectivity index (χ2v) is 5.91. The maximum Gasteiger partial charge on any atom is 0.416 e. The van der Waals surface area contributed by atoms with Crippen molar-refractivity contribution in [2.24, 2.45) is 0 Å². The van der Waals surface area contributed by atoms with Gasteiger partial charge >= 0.3 is 6.18 Å². The summed E-state index contributed by atoms with van der Waals surface area (Å²) in [5.41, 5.74) is 2.48. The van der Waals surface area contributed by atoms with E-state index in [-0.39, 0.29) is 0 Å². The Labute approximate surface area is 142 Å². The molecular weight excluding hydrogens is 329 g/mol. The molecule has 1 aliphatic heterocycles. The van der Waals surface area contributed by atoms with Crippen LogP contribution >= 0.6 is 0 Å². The van der Waals surface area contributed by atoms with Gasteiger partial charge in [-0.1, -0.05) is 12.1 Å². The number of benzene rings is 1. The van der Waals surface area contributed by atoms with Crippen LogP contribution in [0.4, 0.5) is 19.0 Å². The summed E-state index contributed by atoms with van der Waals surface area (Å²) >= 11 is 0. The van der Waals surface area contributed by atoms with Crippen molar-refractivity contribution >= 4 is 5.82 Å². The summed E-state index contributed by atoms with van der Waals surface area (Å²) < 4.78 is 40.6. The number of nitrogens with one attached hydrogen (secondary N) is 1. The molecule has 0 unspecified atom stereocenters. The fraction of sp³-hybridized carbons (Fsp3) is 0.222. The Kier molecular flexibility index (Phi) is 3.71. The Morgan fingerprint density at radius 2 is 2.00 bits per heavy atom. The molecule has 128 valence electrons. The van der Waals surface area contributed by atoms with Gasteiger partial charge in [-0.05, 0) is 36.8 Å². The molecule has 0 radical (unpaired) electrons. The summed E-state index contributed by atoms with van der Waals surface area (Å²) in [6.45, 7) is 0.751. The zero-order chi connectivity index (χ0) is 17.4. The molecule has 0 spiro atoms. The van der Waals surface area contributed by atoms with Gasteiger partial charge in [-0.3, -0.25) is 4.98 Å². The van der Waals surface area contributed by atoms with E-state index in [1.807, 2.05) is 18.2 Å². The second kappa shape index (κ2) is 5.91. The highest BCUT2D eigenvalue weighted by atomic mass is 19.4. The van der Waals surface area contributed by atoms with Gasteiger partial charge in [0.25, 0.3) is 0 Å². The van der Waals surface area contributed by atoms with Crippen LogP contribution in [0.2, 0.25) is 0 Å². The van der Waals surface area contributed by atoms with Crippen molar-refractivity contribution in [2.75, 3.05) is 11.9 Å². The Morgan fingerprint density at radius 3 is 2.76 bits per heavy atom. The third kappa shape index (κ3) is 2.97. The minimum atomic E-state index is -4.38. The largest absolute Gasteiger partial charge is 0.416 e. The van der Waals surface area contributed by atoms with Gasteiger partial charge in [0.1, 0.15) is 5.82 Å². The van der Waals surface area contributed by atoms with Crippen LogP contribution in [0.5, 0.6) is 0 Å². The van der Waals surface area contributed by atoms with Crippen molar-refractivity contribution in [1.29, 1.82) is 0 Å². The fourth-order valence-corrected chi connectivity index (χ4v) is 3.06. The maximum absolute atomic E-state index is 13.0. The van der Waals surface area contributed by atoms with Gasteiger partial charge in [0, 0.05) is 30.4 Å². The smallest absolute Gasteiger partial charge is 0.369 e. The van der Waals surface area contributed by atoms with E-state index in [4.69, 9.17) is 0 Å². The highest BCUT2D eigenvalue weighted by Gasteiger charge is 2.31. The van der Waals surface area contributed by atoms with Gasteiger partial charge < -0.3 is 5.32 Å². The first kappa shape index (κ1) is 15.7. The van der Waals surface area contributed by atoms with Crippen LogP contribution in [0.15, 0.2) is 48.7 Å². The molecule has 1 aliphatic rings. The van der Waals surface area contributed by atoms with Gasteiger partial charge in [-0.15, -0.1) is 0 Å². The van der Waals surface area contributed by atoms with E-state index in [1.165, 1.54) is 6.07 Å². The molecule has 7 heteroatoms. The molecule has 0 atom stereocenters. The van der Waals surface area contributed by atoms with Crippen molar-refractivity contribution in [3.8, 4) is 5.69 Å². The molecule has 0 amide bonds. The summed E-state index contributed by atoms with van der Waals surface area (Å²) in [6.07, 6.45) is -1.30. The van der Waals surface area contributed by atoms with Crippen molar-refractivity contribution in [2.45, 2.75) is 19.0 Å². The number of alkyl halides is 3. The SMILES string of the molecule is FC(F)(F)c1cccc(-n2nc(Cc3ccccn3)c3c2NCC3)c1. The van der Waals surface area contributed by atoms with Crippen LogP contribution in [0.25, 0.3) is 5.69 Å². The lowest BCUT2D eigenvalue weighted by Gasteiger charge is -2.10. The lowest BCUT2D eigenvalue weighted by molar-refractivity contribution is -0.137. The van der Waals surface area contributed by atoms with Gasteiger partial charge in [0.05, 0.1) is 16.9 Å². The molecule has 1 N–H and O–H groups in total. The van der Waals surface area contributed by atoms with Crippen LogP contribution in [0.3, 0.4) is 0 Å². The van der Waals surface area contributed by atoms with Crippen molar-refractivity contribution < 1.29 is 13.2 Å². The normalized spacial score (nSPS) is 13.6. The van der Waals surface area contributed by atoms with E-state index >= 15 is 0 Å². The third-order valence-electron chi connectivity index (χ3n) is 4.23. The third-order valence-corrected chi connectivity index (χ3v) is 4.23. The van der Waals surface area contributed by atoms with Crippen LogP contribution in [0.1, 0.15) is 22.5 Å². The summed E-state index contributed by atoms with van der Waals surface area (Å²) in [4.78, 5) is 4.31. The monoisotopic (exact) mass is 344 g/mol. The quantitative estimate of drug-likeness (QED) is 0.785. The van der Waals surface area contributed by atoms with Gasteiger partial charge in [0.15, 0.2) is 0 Å². The van der Waals surface area contributed by atoms with Crippen LogP contribution in [-0.4, -0.2) is 21.3 Å². The number of aromatic nitrogens is 3. The number of anilines is 1. The molecule has 3 aromatic rings. The standard InChI is InChI=1S/C18H15F3N4/c19-18(20,21)12-4-3-6-14(10-12)25-17-15(7-9-23-17)16(24-25)11-13-5-1-2-8-22-13/h1-6,8,10,23H,7,9,11H2. The van der Waals surface area contributed by atoms with E-state index < -0.39 is 11.7 Å². The molecule has 0 saturated heterocycles. The lowest BCUT2D eigenvalue weighted by atomic mass is 10.1. The Balaban J connectivity index is 1.75. The van der Waals surface area contributed by atoms with E-state index in [0.717, 1.165) is 47.9 Å². The average Bonchev–Trinajstić information content (AvgIpc) is 3.19. The summed E-state index contributed by atoms with van der Waals surface area (Å²) in [5.74, 6) is 0.769. The molecule has 4 rings (SSSR count). The van der Waals surface area contributed by atoms with Crippen molar-refractivity contribution in [3.05, 3.63) is 71.2 Å². The minimum absolute atomic E-state index is 0.396. The topological polar surface area (TPSA) is 42.7 Å². The zero-order valence-electron chi connectivity index (χ0n) is 13.2. The van der Waals surface area contributed by atoms with Gasteiger partial charge in [-0.25, -0.2) is 4.68 Å². The lowest BCUT2D eigenvalue weighted by Crippen LogP contribution is -2.08. The molecular formula is C18H15F3N4. The van der Waals surface area contributed by atoms with Crippen LogP contribution < -0.4 is 5.32 Å². The van der Waals surface area contributed by atoms with Crippen molar-refractivity contribution in [1.82, 2.24) is 14.8 Å². The molecule has 25 heavy (non-hydrogen) atoms. The molecule has 4 nitrogen and oxygen atoms in total. The first-order chi connectivity index (χ1) is 12.0. The van der Waals surface area contributed by atoms with Crippen molar-refractivity contribution in [3.63, 3.8) is 0 Å². The van der Waals surface area contributed by atoms with Crippen LogP contribution in [-0.2, 0) is 19.0 Å². The molecule has 0 aliphatic carbocycles. The van der Waals surface area contributed by atoms with E-state index in [0.29, 0.717) is 12.1 Å². The fourth-order valence-electron chi connectivity index (χ4n) is 3.06. The number of nitrogens with zero attached hydrogens (tertiary/aromatic N) is 3. The number of halogens is 3. The van der Waals surface area contributed by atoms with E-state index in [9.17, 15) is 13.2 Å². The highest BCUT2D eigenvalue weighted by molar-refractivity contribution is 5.58. The van der Waals surface area contributed by atoms with E-state index in [2.05, 4.69) is 15.4 Å². The number of hydrogen-bond donors (Lipinski definition) is 1.